The average molecular weight is 510 g/mol. The minimum absolute atomic E-state index is 0.112. The SMILES string of the molecule is CC(C)(C)OC(=O)N1CC2CCC(Oc3cc(-n4cccn4)ccc3-c3nn[nH]n3)CC2CC1C(=O)O. The number of aliphatic carboxylic acids is 1. The zero-order valence-electron chi connectivity index (χ0n) is 21.1. The molecule has 5 rings (SSSR count). The fourth-order valence-corrected chi connectivity index (χ4v) is 5.28. The van der Waals surface area contributed by atoms with Crippen molar-refractivity contribution in [3.8, 4) is 22.8 Å². The topological polar surface area (TPSA) is 148 Å². The van der Waals surface area contributed by atoms with Crippen LogP contribution in [0.15, 0.2) is 36.7 Å². The van der Waals surface area contributed by atoms with Crippen molar-refractivity contribution in [1.82, 2.24) is 35.3 Å². The number of carboxylic acids is 1. The average Bonchev–Trinajstić information content (AvgIpc) is 3.57. The van der Waals surface area contributed by atoms with Gasteiger partial charge < -0.3 is 14.6 Å². The van der Waals surface area contributed by atoms with E-state index in [4.69, 9.17) is 9.47 Å². The van der Waals surface area contributed by atoms with Crippen LogP contribution in [0.5, 0.6) is 5.75 Å². The molecule has 1 aromatic carbocycles. The number of rotatable bonds is 5. The molecule has 1 aliphatic carbocycles. The molecule has 4 atom stereocenters. The fourth-order valence-electron chi connectivity index (χ4n) is 5.28. The van der Waals surface area contributed by atoms with E-state index in [1.54, 1.807) is 31.6 Å². The first kappa shape index (κ1) is 24.7. The van der Waals surface area contributed by atoms with Crippen molar-refractivity contribution >= 4 is 12.1 Å². The van der Waals surface area contributed by atoms with Crippen LogP contribution in [0.2, 0.25) is 0 Å². The third-order valence-corrected chi connectivity index (χ3v) is 6.95. The van der Waals surface area contributed by atoms with Gasteiger partial charge in [-0.05, 0) is 81.7 Å². The van der Waals surface area contributed by atoms with E-state index in [1.165, 1.54) is 4.90 Å². The van der Waals surface area contributed by atoms with E-state index < -0.39 is 23.7 Å². The Morgan fingerprint density at radius 3 is 2.68 bits per heavy atom. The lowest BCUT2D eigenvalue weighted by molar-refractivity contribution is -0.147. The summed E-state index contributed by atoms with van der Waals surface area (Å²) in [5, 5.41) is 28.6. The molecule has 1 amide bonds. The Morgan fingerprint density at radius 2 is 2.00 bits per heavy atom. The number of nitrogens with zero attached hydrogens (tertiary/aromatic N) is 6. The quantitative estimate of drug-likeness (QED) is 0.528. The summed E-state index contributed by atoms with van der Waals surface area (Å²) in [6.45, 7) is 5.70. The maximum Gasteiger partial charge on any atom is 0.411 e. The first-order valence-electron chi connectivity index (χ1n) is 12.4. The van der Waals surface area contributed by atoms with E-state index in [0.717, 1.165) is 18.5 Å². The van der Waals surface area contributed by atoms with Gasteiger partial charge in [-0.15, -0.1) is 10.2 Å². The second-order valence-corrected chi connectivity index (χ2v) is 10.7. The summed E-state index contributed by atoms with van der Waals surface area (Å²) in [6.07, 6.45) is 5.51. The Morgan fingerprint density at radius 1 is 1.16 bits per heavy atom. The Balaban J connectivity index is 1.34. The summed E-state index contributed by atoms with van der Waals surface area (Å²) in [6, 6.07) is 6.61. The molecule has 3 heterocycles. The van der Waals surface area contributed by atoms with Crippen molar-refractivity contribution in [3.05, 3.63) is 36.7 Å². The lowest BCUT2D eigenvalue weighted by Gasteiger charge is -2.46. The highest BCUT2D eigenvalue weighted by atomic mass is 16.6. The third kappa shape index (κ3) is 5.42. The van der Waals surface area contributed by atoms with Gasteiger partial charge in [-0.25, -0.2) is 14.3 Å². The van der Waals surface area contributed by atoms with Crippen LogP contribution >= 0.6 is 0 Å². The van der Waals surface area contributed by atoms with E-state index in [2.05, 4.69) is 25.7 Å². The van der Waals surface area contributed by atoms with E-state index in [0.29, 0.717) is 36.5 Å². The first-order valence-corrected chi connectivity index (χ1v) is 12.4. The van der Waals surface area contributed by atoms with Crippen molar-refractivity contribution in [2.75, 3.05) is 6.54 Å². The Hall–Kier alpha value is -3.96. The van der Waals surface area contributed by atoms with Crippen LogP contribution in [0.1, 0.15) is 46.5 Å². The number of piperidine rings is 1. The summed E-state index contributed by atoms with van der Waals surface area (Å²) in [5.41, 5.74) is 0.844. The molecule has 0 spiro atoms. The number of carbonyl (C=O) groups excluding carboxylic acids is 1. The highest BCUT2D eigenvalue weighted by Crippen LogP contribution is 2.41. The molecule has 1 saturated heterocycles. The molecule has 1 saturated carbocycles. The molecule has 1 aliphatic heterocycles. The molecule has 3 aromatic rings. The highest BCUT2D eigenvalue weighted by molar-refractivity contribution is 5.80. The molecular weight excluding hydrogens is 478 g/mol. The summed E-state index contributed by atoms with van der Waals surface area (Å²) < 4.78 is 13.8. The first-order chi connectivity index (χ1) is 17.7. The maximum atomic E-state index is 12.8. The number of hydrogen-bond acceptors (Lipinski definition) is 8. The van der Waals surface area contributed by atoms with Gasteiger partial charge in [0.1, 0.15) is 17.4 Å². The number of hydrogen-bond donors (Lipinski definition) is 2. The number of carboxylic acid groups (broad SMARTS) is 1. The summed E-state index contributed by atoms with van der Waals surface area (Å²) in [7, 11) is 0. The van der Waals surface area contributed by atoms with E-state index >= 15 is 0 Å². The third-order valence-electron chi connectivity index (χ3n) is 6.95. The van der Waals surface area contributed by atoms with Gasteiger partial charge in [-0.3, -0.25) is 4.90 Å². The monoisotopic (exact) mass is 509 g/mol. The number of likely N-dealkylation sites (tertiary alicyclic amines) is 1. The number of nitrogens with one attached hydrogen (secondary N) is 1. The molecule has 4 unspecified atom stereocenters. The molecule has 0 bridgehead atoms. The maximum absolute atomic E-state index is 12.8. The molecular formula is C25H31N7O5. The van der Waals surface area contributed by atoms with Crippen LogP contribution in [-0.2, 0) is 9.53 Å². The summed E-state index contributed by atoms with van der Waals surface area (Å²) in [5.74, 6) is 0.321. The van der Waals surface area contributed by atoms with Crippen LogP contribution in [0, 0.1) is 11.8 Å². The number of H-pyrrole nitrogens is 1. The van der Waals surface area contributed by atoms with E-state index in [-0.39, 0.29) is 17.9 Å². The standard InChI is InChI=1S/C25H31N7O5/c1-25(2,3)37-24(35)31-14-15-5-7-18(11-16(15)12-20(31)23(33)34)36-21-13-17(32-10-4-9-26-32)6-8-19(21)22-27-29-30-28-22/h4,6,8-10,13,15-16,18,20H,5,7,11-12,14H2,1-3H3,(H,33,34)(H,27,28,29,30). The summed E-state index contributed by atoms with van der Waals surface area (Å²) >= 11 is 0. The minimum Gasteiger partial charge on any atom is -0.490 e. The number of ether oxygens (including phenoxy) is 2. The van der Waals surface area contributed by atoms with Crippen LogP contribution in [-0.4, -0.2) is 76.8 Å². The van der Waals surface area contributed by atoms with Crippen LogP contribution in [0.25, 0.3) is 17.1 Å². The summed E-state index contributed by atoms with van der Waals surface area (Å²) in [4.78, 5) is 26.3. The molecule has 12 nitrogen and oxygen atoms in total. The predicted molar refractivity (Wildman–Crippen MR) is 131 cm³/mol. The number of fused-ring (bicyclic) bond motifs is 1. The van der Waals surface area contributed by atoms with Crippen molar-refractivity contribution in [1.29, 1.82) is 0 Å². The predicted octanol–water partition coefficient (Wildman–Crippen LogP) is 3.31. The van der Waals surface area contributed by atoms with Crippen LogP contribution in [0.3, 0.4) is 0 Å². The molecule has 2 N–H and O–H groups in total. The molecule has 196 valence electrons. The van der Waals surface area contributed by atoms with Gasteiger partial charge in [-0.1, -0.05) is 0 Å². The molecule has 0 radical (unpaired) electrons. The van der Waals surface area contributed by atoms with Gasteiger partial charge in [0.25, 0.3) is 0 Å². The molecule has 37 heavy (non-hydrogen) atoms. The van der Waals surface area contributed by atoms with Gasteiger partial charge >= 0.3 is 12.1 Å². The smallest absolute Gasteiger partial charge is 0.411 e. The lowest BCUT2D eigenvalue weighted by atomic mass is 9.72. The Bertz CT molecular complexity index is 1240. The number of amides is 1. The van der Waals surface area contributed by atoms with Crippen molar-refractivity contribution in [3.63, 3.8) is 0 Å². The fraction of sp³-hybridized carbons (Fsp3) is 0.520. The van der Waals surface area contributed by atoms with Gasteiger partial charge in [0.05, 0.1) is 17.4 Å². The number of aromatic amines is 1. The van der Waals surface area contributed by atoms with Gasteiger partial charge in [-0.2, -0.15) is 10.3 Å². The molecule has 12 heteroatoms. The number of aromatic nitrogens is 6. The lowest BCUT2D eigenvalue weighted by Crippen LogP contribution is -2.56. The molecule has 2 aromatic heterocycles. The van der Waals surface area contributed by atoms with Crippen molar-refractivity contribution in [2.24, 2.45) is 11.8 Å². The number of tetrazole rings is 1. The van der Waals surface area contributed by atoms with Crippen molar-refractivity contribution < 1.29 is 24.2 Å². The second kappa shape index (κ2) is 9.83. The minimum atomic E-state index is -1.02. The molecule has 2 fully saturated rings. The van der Waals surface area contributed by atoms with Gasteiger partial charge in [0.2, 0.25) is 5.82 Å². The molecule has 2 aliphatic rings. The number of carbonyl (C=O) groups is 2. The zero-order valence-corrected chi connectivity index (χ0v) is 21.1. The van der Waals surface area contributed by atoms with E-state index in [9.17, 15) is 14.7 Å². The largest absolute Gasteiger partial charge is 0.490 e. The zero-order chi connectivity index (χ0) is 26.2. The van der Waals surface area contributed by atoms with Gasteiger partial charge in [0.15, 0.2) is 0 Å². The Kier molecular flexibility index (Phi) is 6.57. The van der Waals surface area contributed by atoms with Crippen LogP contribution in [0.4, 0.5) is 4.79 Å². The normalized spacial score (nSPS) is 23.8. The Labute approximate surface area is 213 Å². The number of benzene rings is 1. The second-order valence-electron chi connectivity index (χ2n) is 10.7. The van der Waals surface area contributed by atoms with E-state index in [1.807, 2.05) is 30.5 Å². The van der Waals surface area contributed by atoms with Crippen molar-refractivity contribution in [2.45, 2.75) is 64.2 Å². The highest BCUT2D eigenvalue weighted by Gasteiger charge is 2.45. The van der Waals surface area contributed by atoms with Crippen LogP contribution < -0.4 is 4.74 Å². The van der Waals surface area contributed by atoms with Gasteiger partial charge in [0, 0.05) is 25.0 Å².